The van der Waals surface area contributed by atoms with Crippen LogP contribution in [-0.4, -0.2) is 41.5 Å². The van der Waals surface area contributed by atoms with E-state index in [0.29, 0.717) is 11.0 Å². The molecule has 1 aliphatic carbocycles. The largest absolute Gasteiger partial charge is 0.392 e. The number of hydrogen-bond acceptors (Lipinski definition) is 3. The molecule has 2 unspecified atom stereocenters. The fraction of sp³-hybridized carbons (Fsp3) is 0.833. The summed E-state index contributed by atoms with van der Waals surface area (Å²) in [5.74, 6) is 0.0479. The van der Waals surface area contributed by atoms with Gasteiger partial charge in [-0.15, -0.1) is 0 Å². The molecular formula is C12H21N3OS. The SMILES string of the molecule is CC1CC(NC(=O)C2(C(N)=S)CC2)CCN1C. The Balaban J connectivity index is 1.90. The van der Waals surface area contributed by atoms with Crippen LogP contribution in [0.4, 0.5) is 0 Å². The highest BCUT2D eigenvalue weighted by atomic mass is 32.1. The van der Waals surface area contributed by atoms with Crippen LogP contribution in [0.1, 0.15) is 32.6 Å². The topological polar surface area (TPSA) is 58.4 Å². The number of thiocarbonyl (C=S) groups is 1. The number of amides is 1. The van der Waals surface area contributed by atoms with Crippen molar-refractivity contribution in [3.05, 3.63) is 0 Å². The summed E-state index contributed by atoms with van der Waals surface area (Å²) in [6.07, 6.45) is 3.66. The zero-order valence-corrected chi connectivity index (χ0v) is 11.3. The maximum Gasteiger partial charge on any atom is 0.233 e. The standard InChI is InChI=1S/C12H21N3OS/c1-8-7-9(3-6-15(8)2)14-11(16)12(4-5-12)10(13)17/h8-9H,3-7H2,1-2H3,(H2,13,17)(H,14,16). The van der Waals surface area contributed by atoms with Crippen LogP contribution in [0.2, 0.25) is 0 Å². The second kappa shape index (κ2) is 4.53. The normalized spacial score (nSPS) is 31.9. The van der Waals surface area contributed by atoms with Crippen molar-refractivity contribution in [3.8, 4) is 0 Å². The van der Waals surface area contributed by atoms with Gasteiger partial charge in [-0.3, -0.25) is 4.79 Å². The second-order valence-electron chi connectivity index (χ2n) is 5.47. The van der Waals surface area contributed by atoms with E-state index in [-0.39, 0.29) is 11.9 Å². The monoisotopic (exact) mass is 255 g/mol. The summed E-state index contributed by atoms with van der Waals surface area (Å²) in [5.41, 5.74) is 5.14. The Hall–Kier alpha value is -0.680. The van der Waals surface area contributed by atoms with E-state index in [9.17, 15) is 4.79 Å². The van der Waals surface area contributed by atoms with Gasteiger partial charge in [0.2, 0.25) is 5.91 Å². The third-order valence-corrected chi connectivity index (χ3v) is 4.59. The first kappa shape index (κ1) is 12.8. The summed E-state index contributed by atoms with van der Waals surface area (Å²) < 4.78 is 0. The highest BCUT2D eigenvalue weighted by Crippen LogP contribution is 2.46. The number of carbonyl (C=O) groups excluding carboxylic acids is 1. The Morgan fingerprint density at radius 2 is 2.18 bits per heavy atom. The molecule has 96 valence electrons. The number of likely N-dealkylation sites (tertiary alicyclic amines) is 1. The van der Waals surface area contributed by atoms with Gasteiger partial charge in [0.05, 0.1) is 10.4 Å². The van der Waals surface area contributed by atoms with Crippen molar-refractivity contribution in [2.24, 2.45) is 11.1 Å². The van der Waals surface area contributed by atoms with E-state index in [1.54, 1.807) is 0 Å². The maximum absolute atomic E-state index is 12.1. The number of nitrogens with zero attached hydrogens (tertiary/aromatic N) is 1. The molecule has 2 aliphatic rings. The number of hydrogen-bond donors (Lipinski definition) is 2. The van der Waals surface area contributed by atoms with Crippen molar-refractivity contribution < 1.29 is 4.79 Å². The summed E-state index contributed by atoms with van der Waals surface area (Å²) >= 11 is 4.99. The van der Waals surface area contributed by atoms with E-state index in [0.717, 1.165) is 32.2 Å². The predicted octanol–water partition coefficient (Wildman–Crippen LogP) is 0.652. The first-order valence-corrected chi connectivity index (χ1v) is 6.67. The van der Waals surface area contributed by atoms with Gasteiger partial charge in [0.1, 0.15) is 0 Å². The van der Waals surface area contributed by atoms with Gasteiger partial charge in [-0.2, -0.15) is 0 Å². The minimum atomic E-state index is -0.512. The molecule has 1 saturated carbocycles. The highest BCUT2D eigenvalue weighted by molar-refractivity contribution is 7.80. The van der Waals surface area contributed by atoms with Crippen LogP contribution in [0.3, 0.4) is 0 Å². The van der Waals surface area contributed by atoms with Crippen LogP contribution in [-0.2, 0) is 4.79 Å². The molecule has 4 nitrogen and oxygen atoms in total. The third-order valence-electron chi connectivity index (χ3n) is 4.20. The second-order valence-corrected chi connectivity index (χ2v) is 5.91. The van der Waals surface area contributed by atoms with Gasteiger partial charge in [0.25, 0.3) is 0 Å². The summed E-state index contributed by atoms with van der Waals surface area (Å²) in [6, 6.07) is 0.801. The lowest BCUT2D eigenvalue weighted by atomic mass is 9.97. The number of piperidine rings is 1. The fourth-order valence-corrected chi connectivity index (χ4v) is 2.75. The Bertz CT molecular complexity index is 341. The quantitative estimate of drug-likeness (QED) is 0.727. The molecule has 0 aromatic carbocycles. The van der Waals surface area contributed by atoms with Gasteiger partial charge in [-0.1, -0.05) is 12.2 Å². The van der Waals surface area contributed by atoms with Gasteiger partial charge in [0, 0.05) is 18.6 Å². The lowest BCUT2D eigenvalue weighted by Gasteiger charge is -2.35. The minimum absolute atomic E-state index is 0.0479. The molecule has 1 heterocycles. The smallest absolute Gasteiger partial charge is 0.233 e. The van der Waals surface area contributed by atoms with E-state index in [1.807, 2.05) is 0 Å². The van der Waals surface area contributed by atoms with Crippen LogP contribution >= 0.6 is 12.2 Å². The molecule has 1 amide bonds. The minimum Gasteiger partial charge on any atom is -0.392 e. The van der Waals surface area contributed by atoms with Crippen molar-refractivity contribution in [2.75, 3.05) is 13.6 Å². The lowest BCUT2D eigenvalue weighted by molar-refractivity contribution is -0.125. The highest BCUT2D eigenvalue weighted by Gasteiger charge is 2.53. The Morgan fingerprint density at radius 3 is 2.65 bits per heavy atom. The number of carbonyl (C=O) groups is 1. The number of nitrogens with one attached hydrogen (secondary N) is 1. The Morgan fingerprint density at radius 1 is 1.53 bits per heavy atom. The zero-order valence-electron chi connectivity index (χ0n) is 10.5. The Kier molecular flexibility index (Phi) is 3.41. The first-order valence-electron chi connectivity index (χ1n) is 6.27. The van der Waals surface area contributed by atoms with Gasteiger partial charge in [-0.25, -0.2) is 0 Å². The van der Waals surface area contributed by atoms with Gasteiger partial charge in [-0.05, 0) is 39.7 Å². The molecule has 0 bridgehead atoms. The molecule has 0 aromatic rings. The van der Waals surface area contributed by atoms with Crippen molar-refractivity contribution in [1.29, 1.82) is 0 Å². The molecule has 0 aromatic heterocycles. The average molecular weight is 255 g/mol. The molecule has 2 atom stereocenters. The average Bonchev–Trinajstić information content (AvgIpc) is 3.04. The summed E-state index contributed by atoms with van der Waals surface area (Å²) in [7, 11) is 2.13. The Labute approximate surface area is 108 Å². The van der Waals surface area contributed by atoms with Crippen LogP contribution in [0, 0.1) is 5.41 Å². The van der Waals surface area contributed by atoms with Crippen LogP contribution in [0.15, 0.2) is 0 Å². The number of nitrogens with two attached hydrogens (primary N) is 1. The fourth-order valence-electron chi connectivity index (χ4n) is 2.45. The van der Waals surface area contributed by atoms with E-state index in [2.05, 4.69) is 24.2 Å². The predicted molar refractivity (Wildman–Crippen MR) is 71.7 cm³/mol. The van der Waals surface area contributed by atoms with Crippen molar-refractivity contribution in [2.45, 2.75) is 44.7 Å². The summed E-state index contributed by atoms with van der Waals surface area (Å²) in [4.78, 5) is 14.8. The van der Waals surface area contributed by atoms with Crippen LogP contribution < -0.4 is 11.1 Å². The van der Waals surface area contributed by atoms with Crippen LogP contribution in [0.5, 0.6) is 0 Å². The van der Waals surface area contributed by atoms with E-state index in [1.165, 1.54) is 0 Å². The summed E-state index contributed by atoms with van der Waals surface area (Å²) in [5, 5.41) is 3.12. The number of rotatable bonds is 3. The molecule has 3 N–H and O–H groups in total. The van der Waals surface area contributed by atoms with E-state index < -0.39 is 5.41 Å². The van der Waals surface area contributed by atoms with Gasteiger partial charge in [0.15, 0.2) is 0 Å². The third kappa shape index (κ3) is 2.45. The molecule has 1 aliphatic heterocycles. The lowest BCUT2D eigenvalue weighted by Crippen LogP contribution is -2.50. The molecule has 17 heavy (non-hydrogen) atoms. The molecular weight excluding hydrogens is 234 g/mol. The van der Waals surface area contributed by atoms with Gasteiger partial charge >= 0.3 is 0 Å². The van der Waals surface area contributed by atoms with E-state index in [4.69, 9.17) is 18.0 Å². The zero-order chi connectivity index (χ0) is 12.6. The first-order chi connectivity index (χ1) is 7.95. The van der Waals surface area contributed by atoms with Crippen molar-refractivity contribution >= 4 is 23.1 Å². The van der Waals surface area contributed by atoms with Crippen LogP contribution in [0.25, 0.3) is 0 Å². The van der Waals surface area contributed by atoms with E-state index >= 15 is 0 Å². The van der Waals surface area contributed by atoms with Gasteiger partial charge < -0.3 is 16.0 Å². The molecule has 2 rings (SSSR count). The molecule has 5 heteroatoms. The molecule has 1 saturated heterocycles. The van der Waals surface area contributed by atoms with Crippen molar-refractivity contribution in [1.82, 2.24) is 10.2 Å². The molecule has 2 fully saturated rings. The molecule has 0 radical (unpaired) electrons. The van der Waals surface area contributed by atoms with Crippen molar-refractivity contribution in [3.63, 3.8) is 0 Å². The molecule has 0 spiro atoms. The maximum atomic E-state index is 12.1. The summed E-state index contributed by atoms with van der Waals surface area (Å²) in [6.45, 7) is 3.23.